The monoisotopic (exact) mass is 381 g/mol. The molecule has 0 bridgehead atoms. The van der Waals surface area contributed by atoms with Gasteiger partial charge in [-0.1, -0.05) is 34.8 Å². The highest BCUT2D eigenvalue weighted by atomic mass is 35.5. The summed E-state index contributed by atoms with van der Waals surface area (Å²) in [5.41, 5.74) is 0.511. The van der Waals surface area contributed by atoms with Gasteiger partial charge in [0, 0.05) is 20.8 Å². The standard InChI is InChI=1S/C14H14Cl3NO3S/c1-2-21-14(20)12-6-22-7-18(12)13(19)5-9-10(16)3-8(15)4-11(9)17/h3-4,12H,2,5-7H2,1H3. The van der Waals surface area contributed by atoms with Crippen molar-refractivity contribution in [2.75, 3.05) is 18.2 Å². The third-order valence-corrected chi connectivity index (χ3v) is 5.10. The number of nitrogens with zero attached hydrogens (tertiary/aromatic N) is 1. The lowest BCUT2D eigenvalue weighted by atomic mass is 10.1. The van der Waals surface area contributed by atoms with Crippen LogP contribution in [0.15, 0.2) is 12.1 Å². The molecule has 0 aliphatic carbocycles. The molecule has 8 heteroatoms. The van der Waals surface area contributed by atoms with Gasteiger partial charge in [0.05, 0.1) is 18.9 Å². The average Bonchev–Trinajstić information content (AvgIpc) is 2.92. The Hall–Kier alpha value is -0.620. The van der Waals surface area contributed by atoms with Crippen LogP contribution in [-0.4, -0.2) is 41.1 Å². The second-order valence-corrected chi connectivity index (χ2v) is 6.91. The van der Waals surface area contributed by atoms with Gasteiger partial charge in [-0.15, -0.1) is 11.8 Å². The van der Waals surface area contributed by atoms with Crippen molar-refractivity contribution in [1.82, 2.24) is 4.90 Å². The van der Waals surface area contributed by atoms with Gasteiger partial charge in [0.1, 0.15) is 6.04 Å². The smallest absolute Gasteiger partial charge is 0.329 e. The van der Waals surface area contributed by atoms with Gasteiger partial charge in [-0.3, -0.25) is 4.79 Å². The number of benzene rings is 1. The normalized spacial score (nSPS) is 17.6. The summed E-state index contributed by atoms with van der Waals surface area (Å²) >= 11 is 19.6. The minimum Gasteiger partial charge on any atom is -0.464 e. The van der Waals surface area contributed by atoms with Crippen LogP contribution in [0.2, 0.25) is 15.1 Å². The lowest BCUT2D eigenvalue weighted by molar-refractivity contribution is -0.152. The Morgan fingerprint density at radius 1 is 1.32 bits per heavy atom. The summed E-state index contributed by atoms with van der Waals surface area (Å²) in [4.78, 5) is 25.9. The van der Waals surface area contributed by atoms with Gasteiger partial charge in [0.2, 0.25) is 5.91 Å². The van der Waals surface area contributed by atoms with Crippen molar-refractivity contribution in [3.63, 3.8) is 0 Å². The molecule has 0 radical (unpaired) electrons. The number of hydrogen-bond donors (Lipinski definition) is 0. The summed E-state index contributed by atoms with van der Waals surface area (Å²) in [5.74, 6) is 0.390. The summed E-state index contributed by atoms with van der Waals surface area (Å²) in [6.45, 7) is 2.02. The van der Waals surface area contributed by atoms with E-state index in [0.29, 0.717) is 32.3 Å². The largest absolute Gasteiger partial charge is 0.464 e. The molecule has 0 aromatic heterocycles. The molecule has 0 saturated carbocycles. The van der Waals surface area contributed by atoms with Crippen LogP contribution in [0.4, 0.5) is 0 Å². The van der Waals surface area contributed by atoms with E-state index in [-0.39, 0.29) is 24.9 Å². The number of amides is 1. The maximum absolute atomic E-state index is 12.5. The first-order chi connectivity index (χ1) is 10.4. The first kappa shape index (κ1) is 17.7. The van der Waals surface area contributed by atoms with E-state index in [2.05, 4.69) is 0 Å². The highest BCUT2D eigenvalue weighted by Crippen LogP contribution is 2.31. The van der Waals surface area contributed by atoms with Crippen molar-refractivity contribution >= 4 is 58.4 Å². The summed E-state index contributed by atoms with van der Waals surface area (Å²) in [5, 5.41) is 1.09. The van der Waals surface area contributed by atoms with E-state index in [1.165, 1.54) is 16.7 Å². The van der Waals surface area contributed by atoms with Crippen LogP contribution in [0.5, 0.6) is 0 Å². The zero-order valence-corrected chi connectivity index (χ0v) is 14.9. The van der Waals surface area contributed by atoms with Gasteiger partial charge < -0.3 is 9.64 Å². The third-order valence-electron chi connectivity index (χ3n) is 3.20. The van der Waals surface area contributed by atoms with Crippen molar-refractivity contribution in [3.05, 3.63) is 32.8 Å². The van der Waals surface area contributed by atoms with Gasteiger partial charge in [0.25, 0.3) is 0 Å². The quantitative estimate of drug-likeness (QED) is 0.746. The maximum Gasteiger partial charge on any atom is 0.329 e. The van der Waals surface area contributed by atoms with E-state index in [4.69, 9.17) is 39.5 Å². The predicted molar refractivity (Wildman–Crippen MR) is 89.8 cm³/mol. The van der Waals surface area contributed by atoms with Crippen LogP contribution in [0, 0.1) is 0 Å². The van der Waals surface area contributed by atoms with Crippen molar-refractivity contribution in [3.8, 4) is 0 Å². The number of esters is 1. The van der Waals surface area contributed by atoms with Crippen LogP contribution in [-0.2, 0) is 20.7 Å². The molecule has 120 valence electrons. The second kappa shape index (κ2) is 7.77. The fraction of sp³-hybridized carbons (Fsp3) is 0.429. The van der Waals surface area contributed by atoms with Crippen molar-refractivity contribution < 1.29 is 14.3 Å². The summed E-state index contributed by atoms with van der Waals surface area (Å²) in [7, 11) is 0. The number of carbonyl (C=O) groups excluding carboxylic acids is 2. The van der Waals surface area contributed by atoms with Crippen molar-refractivity contribution in [2.24, 2.45) is 0 Å². The van der Waals surface area contributed by atoms with Gasteiger partial charge in [-0.05, 0) is 24.6 Å². The number of thioether (sulfide) groups is 1. The molecule has 1 saturated heterocycles. The topological polar surface area (TPSA) is 46.6 Å². The molecule has 1 atom stereocenters. The van der Waals surface area contributed by atoms with Gasteiger partial charge in [-0.25, -0.2) is 4.79 Å². The zero-order valence-electron chi connectivity index (χ0n) is 11.8. The number of carbonyl (C=O) groups is 2. The molecule has 1 aromatic carbocycles. The van der Waals surface area contributed by atoms with E-state index in [1.807, 2.05) is 0 Å². The maximum atomic E-state index is 12.5. The van der Waals surface area contributed by atoms with E-state index < -0.39 is 6.04 Å². The van der Waals surface area contributed by atoms with E-state index in [9.17, 15) is 9.59 Å². The predicted octanol–water partition coefficient (Wildman–Crippen LogP) is 3.65. The first-order valence-electron chi connectivity index (χ1n) is 6.61. The Kier molecular flexibility index (Phi) is 6.26. The molecule has 1 aliphatic heterocycles. The lowest BCUT2D eigenvalue weighted by Crippen LogP contribution is -2.43. The van der Waals surface area contributed by atoms with Gasteiger partial charge >= 0.3 is 5.97 Å². The van der Waals surface area contributed by atoms with Crippen LogP contribution in [0.1, 0.15) is 12.5 Å². The molecule has 1 aromatic rings. The molecule has 2 rings (SSSR count). The van der Waals surface area contributed by atoms with Crippen LogP contribution < -0.4 is 0 Å². The van der Waals surface area contributed by atoms with Crippen LogP contribution in [0.3, 0.4) is 0 Å². The fourth-order valence-electron chi connectivity index (χ4n) is 2.12. The molecular formula is C14H14Cl3NO3S. The Balaban J connectivity index is 2.13. The Labute approximate surface area is 148 Å². The summed E-state index contributed by atoms with van der Waals surface area (Å²) in [6.07, 6.45) is 0.0191. The van der Waals surface area contributed by atoms with E-state index in [0.717, 1.165) is 0 Å². The van der Waals surface area contributed by atoms with E-state index in [1.54, 1.807) is 19.1 Å². The third kappa shape index (κ3) is 4.02. The van der Waals surface area contributed by atoms with Crippen LogP contribution >= 0.6 is 46.6 Å². The summed E-state index contributed by atoms with van der Waals surface area (Å²) in [6, 6.07) is 2.53. The molecule has 1 heterocycles. The molecule has 1 aliphatic rings. The molecular weight excluding hydrogens is 369 g/mol. The highest BCUT2D eigenvalue weighted by molar-refractivity contribution is 7.99. The van der Waals surface area contributed by atoms with Crippen molar-refractivity contribution in [1.29, 1.82) is 0 Å². The molecule has 1 amide bonds. The van der Waals surface area contributed by atoms with Gasteiger partial charge in [-0.2, -0.15) is 0 Å². The fourth-order valence-corrected chi connectivity index (χ4v) is 4.23. The van der Waals surface area contributed by atoms with Gasteiger partial charge in [0.15, 0.2) is 0 Å². The molecule has 1 fully saturated rings. The van der Waals surface area contributed by atoms with Crippen LogP contribution in [0.25, 0.3) is 0 Å². The first-order valence-corrected chi connectivity index (χ1v) is 8.90. The number of hydrogen-bond acceptors (Lipinski definition) is 4. The SMILES string of the molecule is CCOC(=O)C1CSCN1C(=O)Cc1c(Cl)cc(Cl)cc1Cl. The average molecular weight is 383 g/mol. The minimum absolute atomic E-state index is 0.0191. The zero-order chi connectivity index (χ0) is 16.3. The second-order valence-electron chi connectivity index (χ2n) is 4.66. The van der Waals surface area contributed by atoms with E-state index >= 15 is 0 Å². The lowest BCUT2D eigenvalue weighted by Gasteiger charge is -2.22. The Morgan fingerprint density at radius 3 is 2.55 bits per heavy atom. The Bertz CT molecular complexity index is 574. The highest BCUT2D eigenvalue weighted by Gasteiger charge is 2.35. The molecule has 0 spiro atoms. The van der Waals surface area contributed by atoms with Crippen molar-refractivity contribution in [2.45, 2.75) is 19.4 Å². The minimum atomic E-state index is -0.553. The number of ether oxygens (including phenoxy) is 1. The number of rotatable bonds is 4. The Morgan fingerprint density at radius 2 is 1.95 bits per heavy atom. The summed E-state index contributed by atoms with van der Waals surface area (Å²) < 4.78 is 5.00. The molecule has 0 N–H and O–H groups in total. The molecule has 1 unspecified atom stereocenters. The molecule has 4 nitrogen and oxygen atoms in total. The molecule has 22 heavy (non-hydrogen) atoms. The number of halogens is 3.